The average Bonchev–Trinajstić information content (AvgIpc) is 2.71. The minimum atomic E-state index is -0.354. The van der Waals surface area contributed by atoms with Gasteiger partial charge in [-0.25, -0.2) is 9.97 Å². The van der Waals surface area contributed by atoms with Crippen LogP contribution in [0.5, 0.6) is 11.5 Å². The first-order valence-corrected chi connectivity index (χ1v) is 9.02. The molecule has 7 nitrogen and oxygen atoms in total. The van der Waals surface area contributed by atoms with E-state index in [1.165, 1.54) is 6.33 Å². The van der Waals surface area contributed by atoms with Crippen LogP contribution in [0.3, 0.4) is 0 Å². The molecule has 28 heavy (non-hydrogen) atoms. The van der Waals surface area contributed by atoms with E-state index in [2.05, 4.69) is 20.6 Å². The standard InChI is InChI=1S/C20H17ClN4O3/c1-12-2-3-13(8-15(12)21)25-20(26)16-10-19(23-11-22-16)24-14-4-5-17-18(9-14)28-7-6-27-17/h2-5,8-11H,6-7H2,1H3,(H,25,26)(H,22,23,24). The van der Waals surface area contributed by atoms with Crippen molar-refractivity contribution < 1.29 is 14.3 Å². The number of hydrogen-bond acceptors (Lipinski definition) is 6. The Morgan fingerprint density at radius 3 is 2.61 bits per heavy atom. The number of carbonyl (C=O) groups is 1. The third-order valence-electron chi connectivity index (χ3n) is 4.14. The molecule has 0 atom stereocenters. The van der Waals surface area contributed by atoms with Crippen LogP contribution in [0.2, 0.25) is 5.02 Å². The van der Waals surface area contributed by atoms with Crippen molar-refractivity contribution in [2.75, 3.05) is 23.8 Å². The molecular weight excluding hydrogens is 380 g/mol. The quantitative estimate of drug-likeness (QED) is 0.687. The van der Waals surface area contributed by atoms with Gasteiger partial charge in [-0.2, -0.15) is 0 Å². The molecular formula is C20H17ClN4O3. The molecule has 0 fully saturated rings. The number of rotatable bonds is 4. The molecule has 8 heteroatoms. The number of anilines is 3. The summed E-state index contributed by atoms with van der Waals surface area (Å²) < 4.78 is 11.1. The van der Waals surface area contributed by atoms with E-state index >= 15 is 0 Å². The molecule has 0 bridgehead atoms. The minimum absolute atomic E-state index is 0.228. The van der Waals surface area contributed by atoms with E-state index in [-0.39, 0.29) is 11.6 Å². The van der Waals surface area contributed by atoms with Gasteiger partial charge in [0, 0.05) is 28.5 Å². The molecule has 1 aliphatic rings. The first-order chi connectivity index (χ1) is 13.6. The van der Waals surface area contributed by atoms with E-state index in [0.717, 1.165) is 11.3 Å². The lowest BCUT2D eigenvalue weighted by molar-refractivity contribution is 0.102. The van der Waals surface area contributed by atoms with E-state index < -0.39 is 0 Å². The number of amides is 1. The second kappa shape index (κ2) is 7.74. The summed E-state index contributed by atoms with van der Waals surface area (Å²) >= 11 is 6.10. The Labute approximate surface area is 166 Å². The Morgan fingerprint density at radius 2 is 1.79 bits per heavy atom. The van der Waals surface area contributed by atoms with Gasteiger partial charge in [-0.1, -0.05) is 17.7 Å². The zero-order valence-corrected chi connectivity index (χ0v) is 15.8. The highest BCUT2D eigenvalue weighted by Crippen LogP contribution is 2.33. The van der Waals surface area contributed by atoms with Crippen molar-refractivity contribution >= 4 is 34.7 Å². The van der Waals surface area contributed by atoms with Gasteiger partial charge < -0.3 is 20.1 Å². The van der Waals surface area contributed by atoms with Crippen molar-refractivity contribution in [3.63, 3.8) is 0 Å². The van der Waals surface area contributed by atoms with Crippen molar-refractivity contribution in [2.45, 2.75) is 6.92 Å². The van der Waals surface area contributed by atoms with Gasteiger partial charge in [-0.15, -0.1) is 0 Å². The fraction of sp³-hybridized carbons (Fsp3) is 0.150. The fourth-order valence-corrected chi connectivity index (χ4v) is 2.87. The molecule has 4 rings (SSSR count). The maximum atomic E-state index is 12.5. The van der Waals surface area contributed by atoms with Crippen molar-refractivity contribution in [1.82, 2.24) is 9.97 Å². The van der Waals surface area contributed by atoms with Gasteiger partial charge in [-0.3, -0.25) is 4.79 Å². The number of nitrogens with one attached hydrogen (secondary N) is 2. The third kappa shape index (κ3) is 3.99. The Morgan fingerprint density at radius 1 is 1.00 bits per heavy atom. The summed E-state index contributed by atoms with van der Waals surface area (Å²) in [5.41, 5.74) is 2.53. The molecule has 0 aliphatic carbocycles. The van der Waals surface area contributed by atoms with E-state index in [1.807, 2.05) is 31.2 Å². The molecule has 2 heterocycles. The monoisotopic (exact) mass is 396 g/mol. The highest BCUT2D eigenvalue weighted by molar-refractivity contribution is 6.31. The minimum Gasteiger partial charge on any atom is -0.486 e. The molecule has 142 valence electrons. The van der Waals surface area contributed by atoms with Gasteiger partial charge in [0.25, 0.3) is 5.91 Å². The number of fused-ring (bicyclic) bond motifs is 1. The highest BCUT2D eigenvalue weighted by Gasteiger charge is 2.13. The van der Waals surface area contributed by atoms with E-state index in [1.54, 1.807) is 18.2 Å². The smallest absolute Gasteiger partial charge is 0.274 e. The van der Waals surface area contributed by atoms with Crippen molar-refractivity contribution in [3.8, 4) is 11.5 Å². The van der Waals surface area contributed by atoms with E-state index in [4.69, 9.17) is 21.1 Å². The number of benzene rings is 2. The molecule has 3 aromatic rings. The van der Waals surface area contributed by atoms with Crippen molar-refractivity contribution in [3.05, 3.63) is 65.1 Å². The van der Waals surface area contributed by atoms with Crippen molar-refractivity contribution in [2.24, 2.45) is 0 Å². The van der Waals surface area contributed by atoms with Crippen molar-refractivity contribution in [1.29, 1.82) is 0 Å². The predicted octanol–water partition coefficient (Wildman–Crippen LogP) is 4.21. The first-order valence-electron chi connectivity index (χ1n) is 8.65. The summed E-state index contributed by atoms with van der Waals surface area (Å²) in [5.74, 6) is 1.50. The lowest BCUT2D eigenvalue weighted by Gasteiger charge is -2.19. The summed E-state index contributed by atoms with van der Waals surface area (Å²) in [6, 6.07) is 12.4. The van der Waals surface area contributed by atoms with Crippen LogP contribution in [-0.2, 0) is 0 Å². The summed E-state index contributed by atoms with van der Waals surface area (Å²) in [6.07, 6.45) is 1.33. The van der Waals surface area contributed by atoms with Crippen LogP contribution in [0.4, 0.5) is 17.2 Å². The zero-order valence-electron chi connectivity index (χ0n) is 15.0. The second-order valence-corrected chi connectivity index (χ2v) is 6.60. The van der Waals surface area contributed by atoms with Gasteiger partial charge in [-0.05, 0) is 36.8 Å². The number of aryl methyl sites for hydroxylation is 1. The van der Waals surface area contributed by atoms with E-state index in [0.29, 0.717) is 41.2 Å². The lowest BCUT2D eigenvalue weighted by Crippen LogP contribution is -2.15. The molecule has 0 saturated carbocycles. The number of carbonyl (C=O) groups excluding carboxylic acids is 1. The third-order valence-corrected chi connectivity index (χ3v) is 4.55. The average molecular weight is 397 g/mol. The van der Waals surface area contributed by atoms with Gasteiger partial charge >= 0.3 is 0 Å². The van der Waals surface area contributed by atoms with Crippen LogP contribution < -0.4 is 20.1 Å². The molecule has 2 N–H and O–H groups in total. The number of hydrogen-bond donors (Lipinski definition) is 2. The Hall–Kier alpha value is -3.32. The van der Waals surface area contributed by atoms with Crippen LogP contribution in [0.1, 0.15) is 16.1 Å². The van der Waals surface area contributed by atoms with Gasteiger partial charge in [0.2, 0.25) is 0 Å². The van der Waals surface area contributed by atoms with Gasteiger partial charge in [0.1, 0.15) is 31.1 Å². The SMILES string of the molecule is Cc1ccc(NC(=O)c2cc(Nc3ccc4c(c3)OCCO4)ncn2)cc1Cl. The molecule has 1 aromatic heterocycles. The largest absolute Gasteiger partial charge is 0.486 e. The Kier molecular flexibility index (Phi) is 4.99. The van der Waals surface area contributed by atoms with Gasteiger partial charge in [0.05, 0.1) is 0 Å². The van der Waals surface area contributed by atoms with Crippen LogP contribution in [0.15, 0.2) is 48.8 Å². The fourth-order valence-electron chi connectivity index (χ4n) is 2.68. The summed E-state index contributed by atoms with van der Waals surface area (Å²) in [4.78, 5) is 20.7. The van der Waals surface area contributed by atoms with Crippen LogP contribution in [0.25, 0.3) is 0 Å². The Bertz CT molecular complexity index is 1040. The van der Waals surface area contributed by atoms with E-state index in [9.17, 15) is 4.79 Å². The summed E-state index contributed by atoms with van der Waals surface area (Å²) in [7, 11) is 0. The topological polar surface area (TPSA) is 85.4 Å². The molecule has 0 saturated heterocycles. The summed E-state index contributed by atoms with van der Waals surface area (Å²) in [6.45, 7) is 2.95. The molecule has 0 spiro atoms. The molecule has 1 aliphatic heterocycles. The van der Waals surface area contributed by atoms with Crippen LogP contribution >= 0.6 is 11.6 Å². The molecule has 1 amide bonds. The number of aromatic nitrogens is 2. The van der Waals surface area contributed by atoms with Gasteiger partial charge in [0.15, 0.2) is 11.5 Å². The number of ether oxygens (including phenoxy) is 2. The van der Waals surface area contributed by atoms with Crippen LogP contribution in [-0.4, -0.2) is 29.1 Å². The van der Waals surface area contributed by atoms with Crippen LogP contribution in [0, 0.1) is 6.92 Å². The molecule has 0 radical (unpaired) electrons. The predicted molar refractivity (Wildman–Crippen MR) is 107 cm³/mol. The summed E-state index contributed by atoms with van der Waals surface area (Å²) in [5, 5.41) is 6.51. The lowest BCUT2D eigenvalue weighted by atomic mass is 10.2. The number of halogens is 1. The first kappa shape index (κ1) is 18.1. The number of nitrogens with zero attached hydrogens (tertiary/aromatic N) is 2. The normalized spacial score (nSPS) is 12.4. The Balaban J connectivity index is 1.49. The second-order valence-electron chi connectivity index (χ2n) is 6.19. The zero-order chi connectivity index (χ0) is 19.5. The highest BCUT2D eigenvalue weighted by atomic mass is 35.5. The maximum absolute atomic E-state index is 12.5. The molecule has 2 aromatic carbocycles. The maximum Gasteiger partial charge on any atom is 0.274 e. The molecule has 0 unspecified atom stereocenters.